The summed E-state index contributed by atoms with van der Waals surface area (Å²) in [5.74, 6) is 0.258. The number of benzene rings is 2. The van der Waals surface area contributed by atoms with E-state index < -0.39 is 5.91 Å². The minimum Gasteiger partial charge on any atom is -0.484 e. The van der Waals surface area contributed by atoms with Gasteiger partial charge in [0.2, 0.25) is 5.95 Å². The molecule has 148 valence electrons. The number of nitrogens with zero attached hydrogens (tertiary/aromatic N) is 2. The second kappa shape index (κ2) is 9.16. The Hall–Kier alpha value is -3.45. The summed E-state index contributed by atoms with van der Waals surface area (Å²) < 4.78 is 5.44. The maximum absolute atomic E-state index is 12.4. The number of hydrogen-bond donors (Lipinski definition) is 2. The number of hydrazine groups is 1. The number of hydrogen-bond acceptors (Lipinski definition) is 6. The maximum atomic E-state index is 12.4. The van der Waals surface area contributed by atoms with Gasteiger partial charge >= 0.3 is 0 Å². The number of ether oxygens (including phenoxy) is 1. The van der Waals surface area contributed by atoms with Gasteiger partial charge in [0.15, 0.2) is 12.4 Å². The predicted octanol–water partition coefficient (Wildman–Crippen LogP) is 3.50. The smallest absolute Gasteiger partial charge is 0.276 e. The summed E-state index contributed by atoms with van der Waals surface area (Å²) in [6, 6.07) is 15.1. The van der Waals surface area contributed by atoms with Crippen LogP contribution in [-0.4, -0.2) is 28.3 Å². The molecule has 7 nitrogen and oxygen atoms in total. The first-order chi connectivity index (χ1) is 13.9. The number of carbonyl (C=O) groups excluding carboxylic acids is 2. The van der Waals surface area contributed by atoms with Crippen LogP contribution in [0.25, 0.3) is 0 Å². The van der Waals surface area contributed by atoms with Gasteiger partial charge in [0.1, 0.15) is 5.75 Å². The second-order valence-corrected chi connectivity index (χ2v) is 6.73. The third-order valence-electron chi connectivity index (χ3n) is 3.89. The molecule has 0 unspecified atom stereocenters. The molecule has 0 saturated heterocycles. The van der Waals surface area contributed by atoms with Crippen LogP contribution in [0.3, 0.4) is 0 Å². The average Bonchev–Trinajstić information content (AvgIpc) is 2.70. The van der Waals surface area contributed by atoms with Crippen molar-refractivity contribution in [1.29, 1.82) is 0 Å². The maximum Gasteiger partial charge on any atom is 0.276 e. The quantitative estimate of drug-likeness (QED) is 0.457. The van der Waals surface area contributed by atoms with Crippen molar-refractivity contribution in [2.75, 3.05) is 12.0 Å². The Morgan fingerprint density at radius 2 is 1.48 bits per heavy atom. The molecule has 0 saturated carbocycles. The highest BCUT2D eigenvalue weighted by Gasteiger charge is 2.10. The Morgan fingerprint density at radius 1 is 0.931 bits per heavy atom. The lowest BCUT2D eigenvalue weighted by molar-refractivity contribution is -0.122. The van der Waals surface area contributed by atoms with Crippen LogP contribution in [0.2, 0.25) is 5.02 Å². The lowest BCUT2D eigenvalue weighted by atomic mass is 10.0. The molecule has 1 aromatic heterocycles. The minimum absolute atomic E-state index is 0.122. The van der Waals surface area contributed by atoms with Crippen molar-refractivity contribution in [3.05, 3.63) is 82.1 Å². The van der Waals surface area contributed by atoms with Gasteiger partial charge in [-0.15, -0.1) is 0 Å². The molecule has 0 atom stereocenters. The third kappa shape index (κ3) is 5.76. The van der Waals surface area contributed by atoms with E-state index in [1.165, 1.54) is 0 Å². The van der Waals surface area contributed by atoms with Crippen molar-refractivity contribution in [3.63, 3.8) is 0 Å². The Kier molecular flexibility index (Phi) is 6.41. The van der Waals surface area contributed by atoms with Crippen LogP contribution in [0, 0.1) is 13.8 Å². The SMILES string of the molecule is Cc1cc(C)nc(NNC(=O)COc2ccc(C(=O)c3ccc(Cl)cc3)cc2)n1. The number of nitrogens with one attached hydrogen (secondary N) is 2. The normalized spacial score (nSPS) is 10.3. The summed E-state index contributed by atoms with van der Waals surface area (Å²) in [5.41, 5.74) is 7.76. The highest BCUT2D eigenvalue weighted by Crippen LogP contribution is 2.17. The standard InChI is InChI=1S/C21H19ClN4O3/c1-13-11-14(2)24-21(23-13)26-25-19(27)12-29-18-9-5-16(6-10-18)20(28)15-3-7-17(22)8-4-15/h3-11H,12H2,1-2H3,(H,25,27)(H,23,24,26). The zero-order chi connectivity index (χ0) is 20.8. The number of anilines is 1. The van der Waals surface area contributed by atoms with Gasteiger partial charge in [0.25, 0.3) is 5.91 Å². The summed E-state index contributed by atoms with van der Waals surface area (Å²) in [4.78, 5) is 32.7. The molecule has 0 spiro atoms. The number of ketones is 1. The topological polar surface area (TPSA) is 93.2 Å². The number of carbonyl (C=O) groups is 2. The summed E-state index contributed by atoms with van der Waals surface area (Å²) in [7, 11) is 0. The molecule has 0 fully saturated rings. The summed E-state index contributed by atoms with van der Waals surface area (Å²) in [5, 5.41) is 0.571. The van der Waals surface area contributed by atoms with E-state index in [0.717, 1.165) is 11.4 Å². The molecule has 2 N–H and O–H groups in total. The van der Waals surface area contributed by atoms with E-state index in [1.807, 2.05) is 19.9 Å². The molecule has 0 radical (unpaired) electrons. The first kappa shape index (κ1) is 20.3. The number of aromatic nitrogens is 2. The van der Waals surface area contributed by atoms with Gasteiger partial charge in [-0.25, -0.2) is 9.97 Å². The van der Waals surface area contributed by atoms with Crippen molar-refractivity contribution in [1.82, 2.24) is 15.4 Å². The Morgan fingerprint density at radius 3 is 2.07 bits per heavy atom. The molecule has 0 aliphatic heterocycles. The van der Waals surface area contributed by atoms with Crippen molar-refractivity contribution in [2.24, 2.45) is 0 Å². The number of aryl methyl sites for hydroxylation is 2. The molecule has 3 rings (SSSR count). The Bertz CT molecular complexity index is 1000. The Balaban J connectivity index is 1.51. The molecule has 1 heterocycles. The van der Waals surface area contributed by atoms with E-state index in [4.69, 9.17) is 16.3 Å². The van der Waals surface area contributed by atoms with E-state index in [0.29, 0.717) is 27.8 Å². The minimum atomic E-state index is -0.394. The zero-order valence-electron chi connectivity index (χ0n) is 15.9. The molecule has 0 aliphatic rings. The van der Waals surface area contributed by atoms with E-state index in [2.05, 4.69) is 20.8 Å². The monoisotopic (exact) mass is 410 g/mol. The van der Waals surface area contributed by atoms with Gasteiger partial charge in [0, 0.05) is 27.5 Å². The van der Waals surface area contributed by atoms with Crippen LogP contribution in [0.1, 0.15) is 27.3 Å². The third-order valence-corrected chi connectivity index (χ3v) is 4.14. The van der Waals surface area contributed by atoms with Gasteiger partial charge in [-0.05, 0) is 68.4 Å². The van der Waals surface area contributed by atoms with Gasteiger partial charge in [0.05, 0.1) is 0 Å². The Labute approximate surface area is 173 Å². The molecular weight excluding hydrogens is 392 g/mol. The van der Waals surface area contributed by atoms with Crippen LogP contribution < -0.4 is 15.6 Å². The number of rotatable bonds is 7. The van der Waals surface area contributed by atoms with Gasteiger partial charge in [-0.2, -0.15) is 0 Å². The highest BCUT2D eigenvalue weighted by molar-refractivity contribution is 6.30. The lowest BCUT2D eigenvalue weighted by Crippen LogP contribution is -2.34. The summed E-state index contributed by atoms with van der Waals surface area (Å²) in [6.07, 6.45) is 0. The van der Waals surface area contributed by atoms with E-state index in [1.54, 1.807) is 48.5 Å². The van der Waals surface area contributed by atoms with Gasteiger partial charge < -0.3 is 4.74 Å². The van der Waals surface area contributed by atoms with E-state index in [9.17, 15) is 9.59 Å². The van der Waals surface area contributed by atoms with E-state index in [-0.39, 0.29) is 12.4 Å². The van der Waals surface area contributed by atoms with Crippen LogP contribution in [-0.2, 0) is 4.79 Å². The molecule has 29 heavy (non-hydrogen) atoms. The molecule has 0 aliphatic carbocycles. The molecule has 1 amide bonds. The highest BCUT2D eigenvalue weighted by atomic mass is 35.5. The van der Waals surface area contributed by atoms with Gasteiger partial charge in [-0.1, -0.05) is 11.6 Å². The summed E-state index contributed by atoms with van der Waals surface area (Å²) >= 11 is 5.84. The largest absolute Gasteiger partial charge is 0.484 e. The van der Waals surface area contributed by atoms with Crippen LogP contribution in [0.4, 0.5) is 5.95 Å². The molecule has 0 bridgehead atoms. The fraction of sp³-hybridized carbons (Fsp3) is 0.143. The first-order valence-corrected chi connectivity index (χ1v) is 9.19. The molecular formula is C21H19ClN4O3. The molecule has 2 aromatic carbocycles. The van der Waals surface area contributed by atoms with Crippen LogP contribution in [0.15, 0.2) is 54.6 Å². The predicted molar refractivity (Wildman–Crippen MR) is 110 cm³/mol. The molecule has 3 aromatic rings. The fourth-order valence-corrected chi connectivity index (χ4v) is 2.69. The van der Waals surface area contributed by atoms with Crippen LogP contribution in [0.5, 0.6) is 5.75 Å². The lowest BCUT2D eigenvalue weighted by Gasteiger charge is -2.10. The fourth-order valence-electron chi connectivity index (χ4n) is 2.56. The first-order valence-electron chi connectivity index (χ1n) is 8.81. The van der Waals surface area contributed by atoms with Crippen LogP contribution >= 0.6 is 11.6 Å². The zero-order valence-corrected chi connectivity index (χ0v) is 16.7. The average molecular weight is 411 g/mol. The number of amides is 1. The summed E-state index contributed by atoms with van der Waals surface area (Å²) in [6.45, 7) is 3.47. The van der Waals surface area contributed by atoms with Crippen molar-refractivity contribution in [3.8, 4) is 5.75 Å². The van der Waals surface area contributed by atoms with Gasteiger partial charge in [-0.3, -0.25) is 20.4 Å². The second-order valence-electron chi connectivity index (χ2n) is 6.30. The van der Waals surface area contributed by atoms with E-state index >= 15 is 0 Å². The van der Waals surface area contributed by atoms with Crippen molar-refractivity contribution < 1.29 is 14.3 Å². The van der Waals surface area contributed by atoms with Crippen molar-refractivity contribution >= 4 is 29.2 Å². The van der Waals surface area contributed by atoms with Crippen molar-refractivity contribution in [2.45, 2.75) is 13.8 Å². The number of halogens is 1. The molecule has 8 heteroatoms.